The minimum Gasteiger partial charge on any atom is -0.329 e. The van der Waals surface area contributed by atoms with Crippen LogP contribution in [0.2, 0.25) is 0 Å². The molecule has 3 unspecified atom stereocenters. The molecule has 1 saturated heterocycles. The van der Waals surface area contributed by atoms with Crippen molar-refractivity contribution in [2.45, 2.75) is 52.0 Å². The van der Waals surface area contributed by atoms with E-state index in [1.807, 2.05) is 11.3 Å². The van der Waals surface area contributed by atoms with Crippen LogP contribution < -0.4 is 5.73 Å². The average Bonchev–Trinajstić information content (AvgIpc) is 2.78. The van der Waals surface area contributed by atoms with Gasteiger partial charge in [-0.3, -0.25) is 4.90 Å². The Labute approximate surface area is 127 Å². The number of thiophene rings is 1. The van der Waals surface area contributed by atoms with Gasteiger partial charge in [-0.05, 0) is 56.7 Å². The summed E-state index contributed by atoms with van der Waals surface area (Å²) < 4.78 is 0. The average molecular weight is 292 g/mol. The number of rotatable bonds is 3. The van der Waals surface area contributed by atoms with Gasteiger partial charge in [0.25, 0.3) is 0 Å². The Hall–Kier alpha value is -0.380. The van der Waals surface area contributed by atoms with E-state index in [4.69, 9.17) is 5.73 Å². The summed E-state index contributed by atoms with van der Waals surface area (Å²) in [4.78, 5) is 5.56. The molecule has 0 bridgehead atoms. The van der Waals surface area contributed by atoms with Crippen molar-refractivity contribution in [2.24, 2.45) is 17.6 Å². The smallest absolute Gasteiger partial charge is 0.0481 e. The Morgan fingerprint density at radius 3 is 2.65 bits per heavy atom. The molecule has 0 radical (unpaired) electrons. The van der Waals surface area contributed by atoms with Gasteiger partial charge in [-0.15, -0.1) is 11.3 Å². The highest BCUT2D eigenvalue weighted by Crippen LogP contribution is 2.39. The monoisotopic (exact) mass is 292 g/mol. The second kappa shape index (κ2) is 6.17. The lowest BCUT2D eigenvalue weighted by atomic mass is 9.74. The van der Waals surface area contributed by atoms with Crippen LogP contribution in [0.25, 0.3) is 0 Å². The van der Waals surface area contributed by atoms with Crippen molar-refractivity contribution in [1.29, 1.82) is 0 Å². The molecule has 0 aromatic carbocycles. The van der Waals surface area contributed by atoms with E-state index < -0.39 is 0 Å². The number of piperidine rings is 1. The van der Waals surface area contributed by atoms with Gasteiger partial charge in [0, 0.05) is 28.9 Å². The summed E-state index contributed by atoms with van der Waals surface area (Å²) in [5, 5.41) is 0. The van der Waals surface area contributed by atoms with Gasteiger partial charge in [0.1, 0.15) is 0 Å². The molecule has 1 aliphatic heterocycles. The SMILES string of the molecule is Cc1cc(C(CN)N2CCC3CCCCC3C2)c(C)s1. The van der Waals surface area contributed by atoms with E-state index in [0.717, 1.165) is 18.4 Å². The Morgan fingerprint density at radius 2 is 2.00 bits per heavy atom. The molecule has 3 atom stereocenters. The molecule has 2 nitrogen and oxygen atoms in total. The molecule has 112 valence electrons. The van der Waals surface area contributed by atoms with Crippen molar-refractivity contribution in [3.05, 3.63) is 21.4 Å². The number of likely N-dealkylation sites (tertiary alicyclic amines) is 1. The van der Waals surface area contributed by atoms with Crippen molar-refractivity contribution in [1.82, 2.24) is 4.90 Å². The molecule has 1 aromatic heterocycles. The van der Waals surface area contributed by atoms with Crippen LogP contribution in [-0.4, -0.2) is 24.5 Å². The van der Waals surface area contributed by atoms with Crippen LogP contribution in [0.1, 0.15) is 53.5 Å². The fraction of sp³-hybridized carbons (Fsp3) is 0.765. The molecule has 2 fully saturated rings. The van der Waals surface area contributed by atoms with E-state index >= 15 is 0 Å². The molecule has 1 aliphatic carbocycles. The summed E-state index contributed by atoms with van der Waals surface area (Å²) in [6, 6.07) is 2.81. The first-order valence-electron chi connectivity index (χ1n) is 8.20. The molecule has 2 heterocycles. The van der Waals surface area contributed by atoms with E-state index in [0.29, 0.717) is 6.04 Å². The van der Waals surface area contributed by atoms with Gasteiger partial charge in [0.05, 0.1) is 0 Å². The van der Waals surface area contributed by atoms with Crippen LogP contribution in [-0.2, 0) is 0 Å². The van der Waals surface area contributed by atoms with E-state index in [1.165, 1.54) is 60.5 Å². The van der Waals surface area contributed by atoms with Crippen LogP contribution in [0.3, 0.4) is 0 Å². The Bertz CT molecular complexity index is 454. The van der Waals surface area contributed by atoms with Crippen LogP contribution in [0, 0.1) is 25.7 Å². The summed E-state index contributed by atoms with van der Waals surface area (Å²) in [5.41, 5.74) is 7.63. The second-order valence-corrected chi connectivity index (χ2v) is 8.17. The van der Waals surface area contributed by atoms with Crippen LogP contribution in [0.15, 0.2) is 6.07 Å². The molecule has 3 heteroatoms. The maximum atomic E-state index is 6.14. The zero-order valence-electron chi connectivity index (χ0n) is 12.9. The van der Waals surface area contributed by atoms with Crippen molar-refractivity contribution in [3.8, 4) is 0 Å². The molecular formula is C17H28N2S. The van der Waals surface area contributed by atoms with Gasteiger partial charge < -0.3 is 5.73 Å². The molecule has 0 amide bonds. The number of hydrogen-bond acceptors (Lipinski definition) is 3. The highest BCUT2D eigenvalue weighted by Gasteiger charge is 2.34. The Balaban J connectivity index is 1.75. The van der Waals surface area contributed by atoms with Gasteiger partial charge in [-0.1, -0.05) is 19.3 Å². The summed E-state index contributed by atoms with van der Waals surface area (Å²) >= 11 is 1.92. The lowest BCUT2D eigenvalue weighted by Gasteiger charge is -2.44. The Morgan fingerprint density at radius 1 is 1.25 bits per heavy atom. The Kier molecular flexibility index (Phi) is 4.49. The normalized spacial score (nSPS) is 29.1. The highest BCUT2D eigenvalue weighted by atomic mass is 32.1. The third-order valence-electron chi connectivity index (χ3n) is 5.43. The van der Waals surface area contributed by atoms with Crippen molar-refractivity contribution < 1.29 is 0 Å². The predicted molar refractivity (Wildman–Crippen MR) is 87.2 cm³/mol. The van der Waals surface area contributed by atoms with Crippen LogP contribution in [0.4, 0.5) is 0 Å². The lowest BCUT2D eigenvalue weighted by molar-refractivity contribution is 0.0586. The van der Waals surface area contributed by atoms with Crippen molar-refractivity contribution >= 4 is 11.3 Å². The second-order valence-electron chi connectivity index (χ2n) is 6.71. The van der Waals surface area contributed by atoms with Gasteiger partial charge in [-0.25, -0.2) is 0 Å². The van der Waals surface area contributed by atoms with Crippen molar-refractivity contribution in [2.75, 3.05) is 19.6 Å². The van der Waals surface area contributed by atoms with Crippen LogP contribution in [0.5, 0.6) is 0 Å². The topological polar surface area (TPSA) is 29.3 Å². The zero-order chi connectivity index (χ0) is 14.1. The van der Waals surface area contributed by atoms with Gasteiger partial charge in [0.15, 0.2) is 0 Å². The first kappa shape index (κ1) is 14.6. The molecule has 3 rings (SSSR count). The van der Waals surface area contributed by atoms with E-state index in [2.05, 4.69) is 24.8 Å². The minimum atomic E-state index is 0.447. The number of aryl methyl sites for hydroxylation is 2. The third-order valence-corrected chi connectivity index (χ3v) is 6.41. The molecule has 1 saturated carbocycles. The molecule has 2 aliphatic rings. The van der Waals surface area contributed by atoms with Crippen molar-refractivity contribution in [3.63, 3.8) is 0 Å². The summed E-state index contributed by atoms with van der Waals surface area (Å²) in [7, 11) is 0. The predicted octanol–water partition coefficient (Wildman–Crippen LogP) is 3.88. The first-order chi connectivity index (χ1) is 9.69. The van der Waals surface area contributed by atoms with E-state index in [1.54, 1.807) is 0 Å². The minimum absolute atomic E-state index is 0.447. The highest BCUT2D eigenvalue weighted by molar-refractivity contribution is 7.12. The number of nitrogens with two attached hydrogens (primary N) is 1. The maximum absolute atomic E-state index is 6.14. The zero-order valence-corrected chi connectivity index (χ0v) is 13.7. The summed E-state index contributed by atoms with van der Waals surface area (Å²) in [6.07, 6.45) is 7.22. The molecule has 2 N–H and O–H groups in total. The van der Waals surface area contributed by atoms with Gasteiger partial charge in [0.2, 0.25) is 0 Å². The van der Waals surface area contributed by atoms with Gasteiger partial charge >= 0.3 is 0 Å². The van der Waals surface area contributed by atoms with E-state index in [-0.39, 0.29) is 0 Å². The lowest BCUT2D eigenvalue weighted by Crippen LogP contribution is -2.45. The fourth-order valence-corrected chi connectivity index (χ4v) is 5.35. The maximum Gasteiger partial charge on any atom is 0.0481 e. The van der Waals surface area contributed by atoms with Crippen LogP contribution >= 0.6 is 11.3 Å². The molecule has 0 spiro atoms. The number of fused-ring (bicyclic) bond motifs is 1. The molecule has 1 aromatic rings. The quantitative estimate of drug-likeness (QED) is 0.916. The summed E-state index contributed by atoms with van der Waals surface area (Å²) in [6.45, 7) is 7.75. The molecular weight excluding hydrogens is 264 g/mol. The number of nitrogens with zero attached hydrogens (tertiary/aromatic N) is 1. The number of hydrogen-bond donors (Lipinski definition) is 1. The first-order valence-corrected chi connectivity index (χ1v) is 9.01. The standard InChI is InChI=1S/C17H28N2S/c1-12-9-16(13(2)20-12)17(10-18)19-8-7-14-5-3-4-6-15(14)11-19/h9,14-15,17H,3-8,10-11,18H2,1-2H3. The molecule has 20 heavy (non-hydrogen) atoms. The largest absolute Gasteiger partial charge is 0.329 e. The van der Waals surface area contributed by atoms with E-state index in [9.17, 15) is 0 Å². The van der Waals surface area contributed by atoms with Gasteiger partial charge in [-0.2, -0.15) is 0 Å². The fourth-order valence-electron chi connectivity index (χ4n) is 4.37. The summed E-state index contributed by atoms with van der Waals surface area (Å²) in [5.74, 6) is 1.94. The third kappa shape index (κ3) is 2.81.